The fraction of sp³-hybridized carbons (Fsp3) is 0.381. The van der Waals surface area contributed by atoms with E-state index in [2.05, 4.69) is 17.4 Å². The third kappa shape index (κ3) is 5.18. The van der Waals surface area contributed by atoms with Crippen LogP contribution >= 0.6 is 11.8 Å². The molecule has 0 aliphatic heterocycles. The predicted octanol–water partition coefficient (Wildman–Crippen LogP) is 4.54. The van der Waals surface area contributed by atoms with E-state index in [1.54, 1.807) is 31.0 Å². The molecule has 0 saturated heterocycles. The second-order valence-electron chi connectivity index (χ2n) is 6.31. The number of hydrogen-bond acceptors (Lipinski definition) is 4. The largest absolute Gasteiger partial charge is 0.493 e. The number of carbonyl (C=O) groups excluding carboxylic acids is 1. The molecule has 0 unspecified atom stereocenters. The van der Waals surface area contributed by atoms with Crippen molar-refractivity contribution in [3.05, 3.63) is 54.1 Å². The average Bonchev–Trinajstić information content (AvgIpc) is 3.19. The van der Waals surface area contributed by atoms with E-state index in [-0.39, 0.29) is 12.0 Å². The quantitative estimate of drug-likeness (QED) is 0.547. The SMILES string of the molecule is COc1cc(C(=O)NCCSc2ccccc2)ccc1OC1CCCC1. The highest BCUT2D eigenvalue weighted by Crippen LogP contribution is 2.32. The smallest absolute Gasteiger partial charge is 0.251 e. The second kappa shape index (κ2) is 9.53. The summed E-state index contributed by atoms with van der Waals surface area (Å²) in [6.45, 7) is 0.612. The summed E-state index contributed by atoms with van der Waals surface area (Å²) in [6.07, 6.45) is 4.87. The molecule has 1 aliphatic rings. The molecule has 0 spiro atoms. The molecular weight excluding hydrogens is 346 g/mol. The lowest BCUT2D eigenvalue weighted by Gasteiger charge is -2.16. The van der Waals surface area contributed by atoms with Gasteiger partial charge in [-0.25, -0.2) is 0 Å². The number of benzene rings is 2. The number of ether oxygens (including phenoxy) is 2. The van der Waals surface area contributed by atoms with Gasteiger partial charge >= 0.3 is 0 Å². The van der Waals surface area contributed by atoms with Gasteiger partial charge in [0.15, 0.2) is 11.5 Å². The highest BCUT2D eigenvalue weighted by molar-refractivity contribution is 7.99. The molecule has 1 fully saturated rings. The van der Waals surface area contributed by atoms with Crippen LogP contribution in [-0.4, -0.2) is 31.4 Å². The summed E-state index contributed by atoms with van der Waals surface area (Å²) in [5, 5.41) is 2.96. The van der Waals surface area contributed by atoms with Crippen molar-refractivity contribution in [2.45, 2.75) is 36.7 Å². The number of amides is 1. The molecule has 0 aromatic heterocycles. The summed E-state index contributed by atoms with van der Waals surface area (Å²) in [6, 6.07) is 15.6. The molecule has 26 heavy (non-hydrogen) atoms. The number of rotatable bonds is 8. The third-order valence-corrected chi connectivity index (χ3v) is 5.43. The van der Waals surface area contributed by atoms with Crippen LogP contribution in [0.1, 0.15) is 36.0 Å². The zero-order chi connectivity index (χ0) is 18.2. The van der Waals surface area contributed by atoms with E-state index in [4.69, 9.17) is 9.47 Å². The number of nitrogens with one attached hydrogen (secondary N) is 1. The summed E-state index contributed by atoms with van der Waals surface area (Å²) in [5.41, 5.74) is 0.588. The molecule has 1 saturated carbocycles. The van der Waals surface area contributed by atoms with Gasteiger partial charge in [-0.15, -0.1) is 11.8 Å². The summed E-state index contributed by atoms with van der Waals surface area (Å²) in [5.74, 6) is 2.07. The summed E-state index contributed by atoms with van der Waals surface area (Å²) < 4.78 is 11.4. The van der Waals surface area contributed by atoms with Crippen LogP contribution in [0.4, 0.5) is 0 Å². The molecule has 3 rings (SSSR count). The third-order valence-electron chi connectivity index (χ3n) is 4.42. The van der Waals surface area contributed by atoms with Gasteiger partial charge in [0, 0.05) is 22.8 Å². The second-order valence-corrected chi connectivity index (χ2v) is 7.48. The number of carbonyl (C=O) groups is 1. The van der Waals surface area contributed by atoms with Crippen LogP contribution in [0.25, 0.3) is 0 Å². The Morgan fingerprint density at radius 1 is 1.12 bits per heavy atom. The first-order valence-corrected chi connectivity index (χ1v) is 10.1. The minimum absolute atomic E-state index is 0.0932. The van der Waals surface area contributed by atoms with Crippen LogP contribution in [0.5, 0.6) is 11.5 Å². The van der Waals surface area contributed by atoms with Crippen molar-refractivity contribution in [2.75, 3.05) is 19.4 Å². The Morgan fingerprint density at radius 2 is 1.88 bits per heavy atom. The first kappa shape index (κ1) is 18.6. The van der Waals surface area contributed by atoms with E-state index in [0.717, 1.165) is 24.3 Å². The number of hydrogen-bond donors (Lipinski definition) is 1. The summed E-state index contributed by atoms with van der Waals surface area (Å²) in [7, 11) is 1.61. The number of thioether (sulfide) groups is 1. The van der Waals surface area contributed by atoms with Gasteiger partial charge in [-0.3, -0.25) is 4.79 Å². The van der Waals surface area contributed by atoms with Crippen molar-refractivity contribution in [3.8, 4) is 11.5 Å². The maximum atomic E-state index is 12.4. The van der Waals surface area contributed by atoms with Crippen molar-refractivity contribution in [3.63, 3.8) is 0 Å². The van der Waals surface area contributed by atoms with Crippen molar-refractivity contribution in [1.29, 1.82) is 0 Å². The van der Waals surface area contributed by atoms with Crippen molar-refractivity contribution in [2.24, 2.45) is 0 Å². The van der Waals surface area contributed by atoms with Gasteiger partial charge in [0.1, 0.15) is 0 Å². The average molecular weight is 372 g/mol. The normalized spacial score (nSPS) is 14.2. The Labute approximate surface area is 159 Å². The van der Waals surface area contributed by atoms with E-state index in [1.165, 1.54) is 17.7 Å². The molecular formula is C21H25NO3S. The first-order chi connectivity index (χ1) is 12.8. The van der Waals surface area contributed by atoms with Crippen LogP contribution in [0.3, 0.4) is 0 Å². The highest BCUT2D eigenvalue weighted by atomic mass is 32.2. The lowest BCUT2D eigenvalue weighted by molar-refractivity contribution is 0.0955. The molecule has 0 radical (unpaired) electrons. The van der Waals surface area contributed by atoms with E-state index in [0.29, 0.717) is 17.9 Å². The molecule has 1 N–H and O–H groups in total. The summed E-state index contributed by atoms with van der Waals surface area (Å²) in [4.78, 5) is 13.6. The minimum Gasteiger partial charge on any atom is -0.493 e. The Morgan fingerprint density at radius 3 is 2.62 bits per heavy atom. The van der Waals surface area contributed by atoms with Crippen molar-refractivity contribution in [1.82, 2.24) is 5.32 Å². The maximum absolute atomic E-state index is 12.4. The highest BCUT2D eigenvalue weighted by Gasteiger charge is 2.19. The molecule has 5 heteroatoms. The molecule has 4 nitrogen and oxygen atoms in total. The van der Waals surface area contributed by atoms with Gasteiger partial charge in [0.2, 0.25) is 0 Å². The fourth-order valence-corrected chi connectivity index (χ4v) is 3.83. The molecule has 2 aromatic rings. The topological polar surface area (TPSA) is 47.6 Å². The molecule has 1 aliphatic carbocycles. The van der Waals surface area contributed by atoms with Crippen LogP contribution in [0.2, 0.25) is 0 Å². The molecule has 2 aromatic carbocycles. The molecule has 0 heterocycles. The predicted molar refractivity (Wildman–Crippen MR) is 105 cm³/mol. The van der Waals surface area contributed by atoms with Crippen molar-refractivity contribution >= 4 is 17.7 Å². The number of methoxy groups -OCH3 is 1. The van der Waals surface area contributed by atoms with E-state index < -0.39 is 0 Å². The van der Waals surface area contributed by atoms with Crippen LogP contribution in [-0.2, 0) is 0 Å². The Balaban J connectivity index is 1.51. The van der Waals surface area contributed by atoms with Gasteiger partial charge in [-0.2, -0.15) is 0 Å². The van der Waals surface area contributed by atoms with E-state index in [9.17, 15) is 4.79 Å². The van der Waals surface area contributed by atoms with Crippen LogP contribution < -0.4 is 14.8 Å². The maximum Gasteiger partial charge on any atom is 0.251 e. The Bertz CT molecular complexity index is 714. The van der Waals surface area contributed by atoms with Crippen LogP contribution in [0.15, 0.2) is 53.4 Å². The van der Waals surface area contributed by atoms with Gasteiger partial charge in [0.05, 0.1) is 13.2 Å². The van der Waals surface area contributed by atoms with Gasteiger partial charge in [0.25, 0.3) is 5.91 Å². The first-order valence-electron chi connectivity index (χ1n) is 9.07. The zero-order valence-electron chi connectivity index (χ0n) is 15.1. The fourth-order valence-electron chi connectivity index (χ4n) is 3.04. The molecule has 1 amide bonds. The van der Waals surface area contributed by atoms with Gasteiger partial charge in [-0.05, 0) is 56.0 Å². The zero-order valence-corrected chi connectivity index (χ0v) is 15.9. The Kier molecular flexibility index (Phi) is 6.83. The molecule has 0 bridgehead atoms. The van der Waals surface area contributed by atoms with Gasteiger partial charge < -0.3 is 14.8 Å². The van der Waals surface area contributed by atoms with E-state index >= 15 is 0 Å². The Hall–Kier alpha value is -2.14. The molecule has 0 atom stereocenters. The minimum atomic E-state index is -0.0932. The van der Waals surface area contributed by atoms with Crippen molar-refractivity contribution < 1.29 is 14.3 Å². The summed E-state index contributed by atoms with van der Waals surface area (Å²) >= 11 is 1.73. The van der Waals surface area contributed by atoms with Gasteiger partial charge in [-0.1, -0.05) is 18.2 Å². The van der Waals surface area contributed by atoms with Crippen LogP contribution in [0, 0.1) is 0 Å². The lowest BCUT2D eigenvalue weighted by atomic mass is 10.2. The standard InChI is InChI=1S/C21H25NO3S/c1-24-20-15-16(11-12-19(20)25-17-7-5-6-8-17)21(23)22-13-14-26-18-9-3-2-4-10-18/h2-4,9-12,15,17H,5-8,13-14H2,1H3,(H,22,23). The monoisotopic (exact) mass is 371 g/mol. The molecule has 138 valence electrons. The lowest BCUT2D eigenvalue weighted by Crippen LogP contribution is -2.25. The van der Waals surface area contributed by atoms with E-state index in [1.807, 2.05) is 24.3 Å².